The number of benzene rings is 1. The molecule has 0 aliphatic rings. The van der Waals surface area contributed by atoms with Gasteiger partial charge in [-0.2, -0.15) is 0 Å². The molecule has 4 heteroatoms. The lowest BCUT2D eigenvalue weighted by atomic mass is 10.1. The van der Waals surface area contributed by atoms with Crippen molar-refractivity contribution in [1.29, 1.82) is 0 Å². The van der Waals surface area contributed by atoms with Crippen LogP contribution in [0.5, 0.6) is 0 Å². The monoisotopic (exact) mass is 264 g/mol. The van der Waals surface area contributed by atoms with Crippen LogP contribution in [0.3, 0.4) is 0 Å². The van der Waals surface area contributed by atoms with Gasteiger partial charge in [-0.25, -0.2) is 0 Å². The zero-order valence-corrected chi connectivity index (χ0v) is 11.3. The summed E-state index contributed by atoms with van der Waals surface area (Å²) < 4.78 is 5.32. The largest absolute Gasteiger partial charge is 0.467 e. The van der Waals surface area contributed by atoms with Crippen LogP contribution in [0, 0.1) is 0 Å². The van der Waals surface area contributed by atoms with Crippen molar-refractivity contribution in [3.8, 4) is 0 Å². The number of hydrogen-bond donors (Lipinski definition) is 1. The summed E-state index contributed by atoms with van der Waals surface area (Å²) in [6, 6.07) is 9.73. The molecule has 0 radical (unpaired) electrons. The van der Waals surface area contributed by atoms with Gasteiger partial charge in [0.15, 0.2) is 0 Å². The van der Waals surface area contributed by atoms with Crippen molar-refractivity contribution in [2.24, 2.45) is 5.73 Å². The number of rotatable bonds is 4. The molecule has 0 spiro atoms. The first kappa shape index (κ1) is 13.0. The highest BCUT2D eigenvalue weighted by Crippen LogP contribution is 2.28. The lowest BCUT2D eigenvalue weighted by Crippen LogP contribution is -2.16. The Bertz CT molecular complexity index is 509. The van der Waals surface area contributed by atoms with Crippen molar-refractivity contribution >= 4 is 17.3 Å². The van der Waals surface area contributed by atoms with Crippen molar-refractivity contribution in [3.05, 3.63) is 52.9 Å². The van der Waals surface area contributed by atoms with Crippen LogP contribution < -0.4 is 10.6 Å². The molecule has 1 aromatic heterocycles. The molecule has 18 heavy (non-hydrogen) atoms. The molecule has 0 aliphatic heterocycles. The minimum absolute atomic E-state index is 0.00747. The first-order chi connectivity index (χ1) is 8.58. The normalized spacial score (nSPS) is 12.4. The zero-order chi connectivity index (χ0) is 13.1. The molecule has 2 N–H and O–H groups in total. The third kappa shape index (κ3) is 2.86. The van der Waals surface area contributed by atoms with Gasteiger partial charge in [0.2, 0.25) is 0 Å². The number of halogens is 1. The highest BCUT2D eigenvalue weighted by atomic mass is 35.5. The third-order valence-electron chi connectivity index (χ3n) is 2.88. The van der Waals surface area contributed by atoms with E-state index in [1.54, 1.807) is 6.26 Å². The number of nitrogens with two attached hydrogens (primary N) is 1. The fourth-order valence-electron chi connectivity index (χ4n) is 1.84. The summed E-state index contributed by atoms with van der Waals surface area (Å²) >= 11 is 6.28. The Morgan fingerprint density at radius 3 is 2.72 bits per heavy atom. The lowest BCUT2D eigenvalue weighted by molar-refractivity contribution is 0.507. The van der Waals surface area contributed by atoms with Crippen LogP contribution in [-0.4, -0.2) is 7.05 Å². The molecule has 1 aromatic carbocycles. The highest BCUT2D eigenvalue weighted by molar-refractivity contribution is 6.33. The summed E-state index contributed by atoms with van der Waals surface area (Å²) in [4.78, 5) is 2.05. The van der Waals surface area contributed by atoms with Crippen molar-refractivity contribution in [2.75, 3.05) is 11.9 Å². The van der Waals surface area contributed by atoms with Crippen molar-refractivity contribution < 1.29 is 4.42 Å². The summed E-state index contributed by atoms with van der Waals surface area (Å²) in [5.41, 5.74) is 7.84. The minimum Gasteiger partial charge on any atom is -0.467 e. The van der Waals surface area contributed by atoms with Crippen LogP contribution >= 0.6 is 11.6 Å². The molecule has 1 atom stereocenters. The van der Waals surface area contributed by atoms with E-state index in [1.807, 2.05) is 49.2 Å². The van der Waals surface area contributed by atoms with Gasteiger partial charge in [0.1, 0.15) is 5.76 Å². The van der Waals surface area contributed by atoms with Crippen LogP contribution in [0.1, 0.15) is 24.3 Å². The molecule has 0 saturated heterocycles. The molecular weight excluding hydrogens is 248 g/mol. The van der Waals surface area contributed by atoms with Crippen molar-refractivity contribution in [3.63, 3.8) is 0 Å². The maximum Gasteiger partial charge on any atom is 0.123 e. The Morgan fingerprint density at radius 2 is 2.17 bits per heavy atom. The molecule has 96 valence electrons. The molecule has 3 nitrogen and oxygen atoms in total. The number of furan rings is 1. The molecule has 0 bridgehead atoms. The molecule has 1 heterocycles. The lowest BCUT2D eigenvalue weighted by Gasteiger charge is -2.20. The van der Waals surface area contributed by atoms with E-state index in [9.17, 15) is 0 Å². The molecule has 2 rings (SSSR count). The van der Waals surface area contributed by atoms with E-state index in [4.69, 9.17) is 21.8 Å². The summed E-state index contributed by atoms with van der Waals surface area (Å²) in [5.74, 6) is 0.907. The van der Waals surface area contributed by atoms with Gasteiger partial charge in [-0.05, 0) is 36.8 Å². The van der Waals surface area contributed by atoms with Gasteiger partial charge < -0.3 is 15.1 Å². The second kappa shape index (κ2) is 5.46. The zero-order valence-electron chi connectivity index (χ0n) is 10.6. The highest BCUT2D eigenvalue weighted by Gasteiger charge is 2.10. The Hall–Kier alpha value is -1.45. The van der Waals surface area contributed by atoms with E-state index >= 15 is 0 Å². The van der Waals surface area contributed by atoms with E-state index in [0.717, 1.165) is 17.0 Å². The first-order valence-corrected chi connectivity index (χ1v) is 6.24. The minimum atomic E-state index is -0.00747. The third-order valence-corrected chi connectivity index (χ3v) is 3.18. The predicted molar refractivity (Wildman–Crippen MR) is 74.9 cm³/mol. The second-order valence-corrected chi connectivity index (χ2v) is 4.84. The number of nitrogens with zero attached hydrogens (tertiary/aromatic N) is 1. The molecule has 0 amide bonds. The van der Waals surface area contributed by atoms with Crippen LogP contribution in [0.15, 0.2) is 41.0 Å². The molecule has 0 saturated carbocycles. The maximum absolute atomic E-state index is 6.28. The quantitative estimate of drug-likeness (QED) is 0.918. The average molecular weight is 265 g/mol. The molecular formula is C14H17ClN2O. The molecule has 0 fully saturated rings. The summed E-state index contributed by atoms with van der Waals surface area (Å²) in [5, 5.41) is 0.707. The average Bonchev–Trinajstić information content (AvgIpc) is 2.81. The van der Waals surface area contributed by atoms with Gasteiger partial charge in [0.25, 0.3) is 0 Å². The molecule has 0 aliphatic carbocycles. The van der Waals surface area contributed by atoms with E-state index in [-0.39, 0.29) is 6.04 Å². The van der Waals surface area contributed by atoms with Crippen LogP contribution in [0.4, 0.5) is 5.69 Å². The maximum atomic E-state index is 6.28. The number of anilines is 1. The summed E-state index contributed by atoms with van der Waals surface area (Å²) in [7, 11) is 1.98. The predicted octanol–water partition coefficient (Wildman–Crippen LogP) is 3.59. The molecule has 0 unspecified atom stereocenters. The molecule has 2 aromatic rings. The Labute approximate surface area is 112 Å². The summed E-state index contributed by atoms with van der Waals surface area (Å²) in [6.45, 7) is 2.63. The van der Waals surface area contributed by atoms with Crippen LogP contribution in [0.2, 0.25) is 5.02 Å². The van der Waals surface area contributed by atoms with Crippen LogP contribution in [0.25, 0.3) is 0 Å². The van der Waals surface area contributed by atoms with E-state index in [1.165, 1.54) is 0 Å². The summed E-state index contributed by atoms with van der Waals surface area (Å²) in [6.07, 6.45) is 1.67. The van der Waals surface area contributed by atoms with E-state index < -0.39 is 0 Å². The Morgan fingerprint density at radius 1 is 1.39 bits per heavy atom. The van der Waals surface area contributed by atoms with E-state index in [2.05, 4.69) is 0 Å². The Kier molecular flexibility index (Phi) is 3.94. The number of hydrogen-bond acceptors (Lipinski definition) is 3. The fraction of sp³-hybridized carbons (Fsp3) is 0.286. The first-order valence-electron chi connectivity index (χ1n) is 5.86. The van der Waals surface area contributed by atoms with Gasteiger partial charge in [0.05, 0.1) is 23.5 Å². The van der Waals surface area contributed by atoms with Gasteiger partial charge in [0, 0.05) is 13.1 Å². The van der Waals surface area contributed by atoms with Gasteiger partial charge in [-0.1, -0.05) is 17.7 Å². The van der Waals surface area contributed by atoms with Gasteiger partial charge in [-0.15, -0.1) is 0 Å². The smallest absolute Gasteiger partial charge is 0.123 e. The second-order valence-electron chi connectivity index (χ2n) is 4.43. The topological polar surface area (TPSA) is 42.4 Å². The standard InChI is InChI=1S/C14H17ClN2O/c1-10(16)11-5-6-14(13(15)8-11)17(2)9-12-4-3-7-18-12/h3-8,10H,9,16H2,1-2H3/t10-/m0/s1. The van der Waals surface area contributed by atoms with Crippen LogP contribution in [-0.2, 0) is 6.54 Å². The van der Waals surface area contributed by atoms with E-state index in [0.29, 0.717) is 11.6 Å². The van der Waals surface area contributed by atoms with Crippen molar-refractivity contribution in [2.45, 2.75) is 19.5 Å². The van der Waals surface area contributed by atoms with Crippen molar-refractivity contribution in [1.82, 2.24) is 0 Å². The fourth-order valence-corrected chi connectivity index (χ4v) is 2.17. The van der Waals surface area contributed by atoms with Gasteiger partial charge in [-0.3, -0.25) is 0 Å². The SMILES string of the molecule is C[C@H](N)c1ccc(N(C)Cc2ccco2)c(Cl)c1. The van der Waals surface area contributed by atoms with Gasteiger partial charge >= 0.3 is 0 Å². The Balaban J connectivity index is 2.17.